The number of likely N-dealkylation sites (tertiary alicyclic amines) is 1. The van der Waals surface area contributed by atoms with Crippen molar-refractivity contribution in [2.75, 3.05) is 18.4 Å². The van der Waals surface area contributed by atoms with Crippen molar-refractivity contribution in [2.45, 2.75) is 19.3 Å². The summed E-state index contributed by atoms with van der Waals surface area (Å²) in [5, 5.41) is 10.7. The average molecular weight is 376 g/mol. The van der Waals surface area contributed by atoms with Crippen LogP contribution in [0.4, 0.5) is 5.82 Å². The zero-order valence-corrected chi connectivity index (χ0v) is 15.3. The smallest absolute Gasteiger partial charge is 0.246 e. The molecule has 142 valence electrons. The van der Waals surface area contributed by atoms with Crippen LogP contribution in [-0.4, -0.2) is 49.8 Å². The van der Waals surface area contributed by atoms with E-state index in [-0.39, 0.29) is 11.8 Å². The Morgan fingerprint density at radius 2 is 2.21 bits per heavy atom. The molecule has 0 aromatic carbocycles. The van der Waals surface area contributed by atoms with Gasteiger partial charge in [-0.15, -0.1) is 5.10 Å². The van der Waals surface area contributed by atoms with Gasteiger partial charge in [0.15, 0.2) is 0 Å². The van der Waals surface area contributed by atoms with Crippen LogP contribution in [0.3, 0.4) is 0 Å². The number of anilines is 1. The molecule has 2 aliphatic heterocycles. The molecule has 1 N–H and O–H groups in total. The number of hydrogen-bond donors (Lipinski definition) is 1. The fourth-order valence-corrected chi connectivity index (χ4v) is 4.24. The largest absolute Gasteiger partial charge is 0.338 e. The summed E-state index contributed by atoms with van der Waals surface area (Å²) in [6, 6.07) is 1.98. The maximum atomic E-state index is 12.6. The van der Waals surface area contributed by atoms with Gasteiger partial charge in [-0.05, 0) is 42.0 Å². The van der Waals surface area contributed by atoms with Gasteiger partial charge >= 0.3 is 0 Å². The van der Waals surface area contributed by atoms with E-state index in [2.05, 4.69) is 26.7 Å². The Morgan fingerprint density at radius 1 is 1.29 bits per heavy atom. The van der Waals surface area contributed by atoms with Gasteiger partial charge in [-0.2, -0.15) is 0 Å². The van der Waals surface area contributed by atoms with Crippen LogP contribution >= 0.6 is 0 Å². The SMILES string of the molecule is O=C1CCc2cc(/C=C/C(=O)N3CC4C=C(n5ccnn5)CC4C3)cnc2N1. The summed E-state index contributed by atoms with van der Waals surface area (Å²) >= 11 is 0. The minimum Gasteiger partial charge on any atom is -0.338 e. The fraction of sp³-hybridized carbons (Fsp3) is 0.350. The minimum absolute atomic E-state index is 0.000853. The minimum atomic E-state index is -0.000853. The molecule has 4 heterocycles. The number of aromatic nitrogens is 4. The van der Waals surface area contributed by atoms with Gasteiger partial charge < -0.3 is 10.2 Å². The summed E-state index contributed by atoms with van der Waals surface area (Å²) in [5.74, 6) is 1.48. The number of nitrogens with zero attached hydrogens (tertiary/aromatic N) is 5. The fourth-order valence-electron chi connectivity index (χ4n) is 4.24. The lowest BCUT2D eigenvalue weighted by atomic mass is 10.0. The van der Waals surface area contributed by atoms with Gasteiger partial charge in [-0.3, -0.25) is 9.59 Å². The van der Waals surface area contributed by atoms with Crippen LogP contribution in [0.25, 0.3) is 11.8 Å². The van der Waals surface area contributed by atoms with Crippen molar-refractivity contribution in [1.82, 2.24) is 24.9 Å². The van der Waals surface area contributed by atoms with Gasteiger partial charge in [-0.1, -0.05) is 11.3 Å². The molecular formula is C20H20N6O2. The van der Waals surface area contributed by atoms with E-state index in [0.717, 1.165) is 30.6 Å². The average Bonchev–Trinajstić information content (AvgIpc) is 3.41. The second-order valence-electron chi connectivity index (χ2n) is 7.53. The van der Waals surface area contributed by atoms with Crippen molar-refractivity contribution in [2.24, 2.45) is 11.8 Å². The second-order valence-corrected chi connectivity index (χ2v) is 7.53. The van der Waals surface area contributed by atoms with E-state index < -0.39 is 0 Å². The molecule has 0 spiro atoms. The molecule has 0 radical (unpaired) electrons. The number of carbonyl (C=O) groups is 2. The molecule has 1 fully saturated rings. The van der Waals surface area contributed by atoms with Crippen LogP contribution in [0.15, 0.2) is 36.8 Å². The highest BCUT2D eigenvalue weighted by Crippen LogP contribution is 2.38. The summed E-state index contributed by atoms with van der Waals surface area (Å²) < 4.78 is 1.82. The van der Waals surface area contributed by atoms with Crippen LogP contribution in [0.1, 0.15) is 24.0 Å². The number of amides is 2. The topological polar surface area (TPSA) is 93.0 Å². The lowest BCUT2D eigenvalue weighted by Gasteiger charge is -2.16. The van der Waals surface area contributed by atoms with Crippen molar-refractivity contribution < 1.29 is 9.59 Å². The Morgan fingerprint density at radius 3 is 3.04 bits per heavy atom. The van der Waals surface area contributed by atoms with E-state index in [0.29, 0.717) is 30.5 Å². The Balaban J connectivity index is 1.23. The van der Waals surface area contributed by atoms with Gasteiger partial charge in [0, 0.05) is 43.4 Å². The van der Waals surface area contributed by atoms with Gasteiger partial charge in [0.25, 0.3) is 0 Å². The van der Waals surface area contributed by atoms with E-state index in [4.69, 9.17) is 0 Å². The number of aryl methyl sites for hydroxylation is 1. The van der Waals surface area contributed by atoms with Crippen LogP contribution < -0.4 is 5.32 Å². The van der Waals surface area contributed by atoms with Crippen molar-refractivity contribution in [3.8, 4) is 0 Å². The number of nitrogens with one attached hydrogen (secondary N) is 1. The van der Waals surface area contributed by atoms with Crippen molar-refractivity contribution >= 4 is 29.4 Å². The Hall–Kier alpha value is -3.29. The summed E-state index contributed by atoms with van der Waals surface area (Å²) in [5.41, 5.74) is 3.05. The first-order chi connectivity index (χ1) is 13.7. The van der Waals surface area contributed by atoms with E-state index in [1.54, 1.807) is 24.5 Å². The van der Waals surface area contributed by atoms with Crippen molar-refractivity contribution in [3.05, 3.63) is 47.9 Å². The molecule has 0 bridgehead atoms. The van der Waals surface area contributed by atoms with Crippen LogP contribution in [0, 0.1) is 11.8 Å². The Labute approximate surface area is 161 Å². The lowest BCUT2D eigenvalue weighted by molar-refractivity contribution is -0.125. The molecule has 2 atom stereocenters. The van der Waals surface area contributed by atoms with Gasteiger partial charge in [-0.25, -0.2) is 9.67 Å². The van der Waals surface area contributed by atoms with Gasteiger partial charge in [0.1, 0.15) is 5.82 Å². The van der Waals surface area contributed by atoms with Crippen molar-refractivity contribution in [3.63, 3.8) is 0 Å². The molecular weight excluding hydrogens is 356 g/mol. The molecule has 8 nitrogen and oxygen atoms in total. The third-order valence-electron chi connectivity index (χ3n) is 5.68. The Bertz CT molecular complexity index is 994. The molecule has 5 rings (SSSR count). The molecule has 28 heavy (non-hydrogen) atoms. The van der Waals surface area contributed by atoms with Crippen LogP contribution in [0.5, 0.6) is 0 Å². The van der Waals surface area contributed by atoms with Gasteiger partial charge in [0.2, 0.25) is 11.8 Å². The third-order valence-corrected chi connectivity index (χ3v) is 5.68. The maximum Gasteiger partial charge on any atom is 0.246 e. The summed E-state index contributed by atoms with van der Waals surface area (Å²) in [6.45, 7) is 1.50. The van der Waals surface area contributed by atoms with Crippen LogP contribution in [0.2, 0.25) is 0 Å². The number of rotatable bonds is 3. The molecule has 0 saturated carbocycles. The normalized spacial score (nSPS) is 23.5. The summed E-state index contributed by atoms with van der Waals surface area (Å²) in [7, 11) is 0. The second kappa shape index (κ2) is 6.70. The van der Waals surface area contributed by atoms with Gasteiger partial charge in [0.05, 0.1) is 12.4 Å². The molecule has 2 aromatic rings. The first-order valence-electron chi connectivity index (χ1n) is 9.49. The third kappa shape index (κ3) is 3.11. The first kappa shape index (κ1) is 16.9. The quantitative estimate of drug-likeness (QED) is 0.821. The highest BCUT2D eigenvalue weighted by molar-refractivity contribution is 5.94. The highest BCUT2D eigenvalue weighted by atomic mass is 16.2. The number of hydrogen-bond acceptors (Lipinski definition) is 5. The Kier molecular flexibility index (Phi) is 4.03. The number of allylic oxidation sites excluding steroid dienone is 1. The lowest BCUT2D eigenvalue weighted by Crippen LogP contribution is -2.27. The molecule has 1 saturated heterocycles. The predicted molar refractivity (Wildman–Crippen MR) is 103 cm³/mol. The van der Waals surface area contributed by atoms with Crippen LogP contribution in [-0.2, 0) is 16.0 Å². The summed E-state index contributed by atoms with van der Waals surface area (Å²) in [6.07, 6.45) is 12.9. The molecule has 8 heteroatoms. The number of pyridine rings is 1. The van der Waals surface area contributed by atoms with E-state index in [1.165, 1.54) is 5.70 Å². The zero-order valence-electron chi connectivity index (χ0n) is 15.3. The first-order valence-corrected chi connectivity index (χ1v) is 9.49. The van der Waals surface area contributed by atoms with E-state index in [1.807, 2.05) is 21.8 Å². The van der Waals surface area contributed by atoms with E-state index in [9.17, 15) is 9.59 Å². The molecule has 1 aliphatic carbocycles. The molecule has 3 aliphatic rings. The zero-order chi connectivity index (χ0) is 19.1. The molecule has 2 amide bonds. The maximum absolute atomic E-state index is 12.6. The monoisotopic (exact) mass is 376 g/mol. The highest BCUT2D eigenvalue weighted by Gasteiger charge is 2.38. The van der Waals surface area contributed by atoms with E-state index >= 15 is 0 Å². The number of fused-ring (bicyclic) bond motifs is 2. The summed E-state index contributed by atoms with van der Waals surface area (Å²) in [4.78, 5) is 30.2. The predicted octanol–water partition coefficient (Wildman–Crippen LogP) is 1.59. The van der Waals surface area contributed by atoms with Crippen molar-refractivity contribution in [1.29, 1.82) is 0 Å². The standard InChI is InChI=1S/C20H20N6O2/c27-18-3-2-14-7-13(10-21-20(14)23-18)1-4-19(28)25-11-15-8-17(9-16(15)12-25)26-6-5-22-24-26/h1,4-8,10,15-16H,2-3,9,11-12H2,(H,21,23,27)/b4-1+. The number of carbonyl (C=O) groups excluding carboxylic acids is 2. The molecule has 2 unspecified atom stereocenters. The molecule has 2 aromatic heterocycles.